The molecule has 0 spiro atoms. The number of aliphatic carboxylic acids is 1. The summed E-state index contributed by atoms with van der Waals surface area (Å²) in [6, 6.07) is 3.86. The van der Waals surface area contributed by atoms with Crippen LogP contribution in [0.15, 0.2) is 24.5 Å². The number of amides is 1. The van der Waals surface area contributed by atoms with E-state index in [0.717, 1.165) is 17.6 Å². The standard InChI is InChI=1S/C15H17N3O3/c1-10-4-6-17-9-12(16-13(17)7-10)14(19)18-5-2-3-11(8-18)15(20)21/h4,6-7,9,11H,2-3,5,8H2,1H3,(H,20,21). The molecule has 6 nitrogen and oxygen atoms in total. The maximum atomic E-state index is 12.5. The minimum Gasteiger partial charge on any atom is -0.481 e. The lowest BCUT2D eigenvalue weighted by molar-refractivity contribution is -0.143. The second-order valence-electron chi connectivity index (χ2n) is 5.52. The first-order chi connectivity index (χ1) is 10.0. The molecule has 1 fully saturated rings. The molecule has 1 unspecified atom stereocenters. The summed E-state index contributed by atoms with van der Waals surface area (Å²) < 4.78 is 1.80. The lowest BCUT2D eigenvalue weighted by atomic mass is 9.98. The fraction of sp³-hybridized carbons (Fsp3) is 0.400. The van der Waals surface area contributed by atoms with Crippen molar-refractivity contribution in [3.05, 3.63) is 35.8 Å². The second-order valence-corrected chi connectivity index (χ2v) is 5.52. The van der Waals surface area contributed by atoms with Crippen molar-refractivity contribution in [1.82, 2.24) is 14.3 Å². The first kappa shape index (κ1) is 13.6. The van der Waals surface area contributed by atoms with Crippen LogP contribution < -0.4 is 0 Å². The monoisotopic (exact) mass is 287 g/mol. The van der Waals surface area contributed by atoms with Gasteiger partial charge in [-0.05, 0) is 37.5 Å². The van der Waals surface area contributed by atoms with E-state index in [2.05, 4.69) is 4.98 Å². The zero-order valence-corrected chi connectivity index (χ0v) is 11.8. The maximum absolute atomic E-state index is 12.5. The summed E-state index contributed by atoms with van der Waals surface area (Å²) in [5.74, 6) is -1.50. The number of aromatic nitrogens is 2. The first-order valence-corrected chi connectivity index (χ1v) is 7.02. The van der Waals surface area contributed by atoms with Gasteiger partial charge in [-0.25, -0.2) is 4.98 Å². The van der Waals surface area contributed by atoms with E-state index < -0.39 is 11.9 Å². The Kier molecular flexibility index (Phi) is 3.37. The van der Waals surface area contributed by atoms with Crippen molar-refractivity contribution in [2.45, 2.75) is 19.8 Å². The van der Waals surface area contributed by atoms with Crippen molar-refractivity contribution >= 4 is 17.5 Å². The van der Waals surface area contributed by atoms with E-state index in [-0.39, 0.29) is 12.5 Å². The molecule has 2 aromatic heterocycles. The van der Waals surface area contributed by atoms with E-state index in [9.17, 15) is 9.59 Å². The quantitative estimate of drug-likeness (QED) is 0.910. The molecule has 1 amide bonds. The second kappa shape index (κ2) is 5.20. The van der Waals surface area contributed by atoms with Crippen LogP contribution in [0.2, 0.25) is 0 Å². The van der Waals surface area contributed by atoms with Gasteiger partial charge >= 0.3 is 5.97 Å². The van der Waals surface area contributed by atoms with Crippen LogP contribution in [0.25, 0.3) is 5.65 Å². The summed E-state index contributed by atoms with van der Waals surface area (Å²) in [6.07, 6.45) is 4.91. The molecule has 1 atom stereocenters. The third-order valence-corrected chi connectivity index (χ3v) is 3.89. The number of piperidine rings is 1. The highest BCUT2D eigenvalue weighted by molar-refractivity contribution is 5.93. The highest BCUT2D eigenvalue weighted by Crippen LogP contribution is 2.19. The van der Waals surface area contributed by atoms with E-state index in [1.807, 2.05) is 25.3 Å². The van der Waals surface area contributed by atoms with Gasteiger partial charge in [0.05, 0.1) is 5.92 Å². The zero-order valence-electron chi connectivity index (χ0n) is 11.8. The predicted octanol–water partition coefficient (Wildman–Crippen LogP) is 1.58. The SMILES string of the molecule is Cc1ccn2cc(C(=O)N3CCCC(C(=O)O)C3)nc2c1. The van der Waals surface area contributed by atoms with Crippen molar-refractivity contribution in [1.29, 1.82) is 0 Å². The number of hydrogen-bond donors (Lipinski definition) is 1. The molecule has 0 aromatic carbocycles. The van der Waals surface area contributed by atoms with Crippen LogP contribution in [0.3, 0.4) is 0 Å². The van der Waals surface area contributed by atoms with E-state index in [1.54, 1.807) is 15.5 Å². The average molecular weight is 287 g/mol. The number of imidazole rings is 1. The molecular formula is C15H17N3O3. The predicted molar refractivity (Wildman–Crippen MR) is 76.2 cm³/mol. The molecule has 2 aromatic rings. The number of likely N-dealkylation sites (tertiary alicyclic amines) is 1. The molecule has 1 saturated heterocycles. The zero-order chi connectivity index (χ0) is 15.0. The summed E-state index contributed by atoms with van der Waals surface area (Å²) in [7, 11) is 0. The van der Waals surface area contributed by atoms with Crippen molar-refractivity contribution in [2.75, 3.05) is 13.1 Å². The first-order valence-electron chi connectivity index (χ1n) is 7.02. The van der Waals surface area contributed by atoms with E-state index >= 15 is 0 Å². The number of fused-ring (bicyclic) bond motifs is 1. The van der Waals surface area contributed by atoms with Gasteiger partial charge in [-0.2, -0.15) is 0 Å². The average Bonchev–Trinajstić information content (AvgIpc) is 2.89. The minimum absolute atomic E-state index is 0.192. The summed E-state index contributed by atoms with van der Waals surface area (Å²) in [5.41, 5.74) is 2.17. The van der Waals surface area contributed by atoms with Crippen LogP contribution in [0.4, 0.5) is 0 Å². The van der Waals surface area contributed by atoms with Gasteiger partial charge in [-0.1, -0.05) is 0 Å². The van der Waals surface area contributed by atoms with Gasteiger partial charge < -0.3 is 14.4 Å². The van der Waals surface area contributed by atoms with E-state index in [1.165, 1.54) is 0 Å². The van der Waals surface area contributed by atoms with Crippen molar-refractivity contribution in [3.8, 4) is 0 Å². The fourth-order valence-corrected chi connectivity index (χ4v) is 2.71. The summed E-state index contributed by atoms with van der Waals surface area (Å²) in [6.45, 7) is 2.83. The Labute approximate surface area is 122 Å². The number of hydrogen-bond acceptors (Lipinski definition) is 3. The van der Waals surface area contributed by atoms with Crippen LogP contribution in [-0.4, -0.2) is 44.4 Å². The highest BCUT2D eigenvalue weighted by atomic mass is 16.4. The Morgan fingerprint density at radius 1 is 1.43 bits per heavy atom. The lowest BCUT2D eigenvalue weighted by Crippen LogP contribution is -2.42. The number of aryl methyl sites for hydroxylation is 1. The van der Waals surface area contributed by atoms with Gasteiger partial charge in [0.1, 0.15) is 11.3 Å². The van der Waals surface area contributed by atoms with Gasteiger partial charge in [-0.3, -0.25) is 9.59 Å². The van der Waals surface area contributed by atoms with Crippen molar-refractivity contribution in [3.63, 3.8) is 0 Å². The van der Waals surface area contributed by atoms with Gasteiger partial charge in [0.15, 0.2) is 0 Å². The molecule has 3 heterocycles. The number of nitrogens with zero attached hydrogens (tertiary/aromatic N) is 3. The Hall–Kier alpha value is -2.37. The Morgan fingerprint density at radius 2 is 2.24 bits per heavy atom. The fourth-order valence-electron chi connectivity index (χ4n) is 2.71. The van der Waals surface area contributed by atoms with Gasteiger partial charge in [-0.15, -0.1) is 0 Å². The Bertz CT molecular complexity index is 707. The molecule has 0 aliphatic carbocycles. The molecule has 1 aliphatic heterocycles. The van der Waals surface area contributed by atoms with E-state index in [0.29, 0.717) is 18.7 Å². The maximum Gasteiger partial charge on any atom is 0.308 e. The number of carbonyl (C=O) groups is 2. The third kappa shape index (κ3) is 2.61. The lowest BCUT2D eigenvalue weighted by Gasteiger charge is -2.30. The summed E-state index contributed by atoms with van der Waals surface area (Å²) in [4.78, 5) is 29.5. The Morgan fingerprint density at radius 3 is 3.00 bits per heavy atom. The number of pyridine rings is 1. The minimum atomic E-state index is -0.835. The summed E-state index contributed by atoms with van der Waals surface area (Å²) in [5, 5.41) is 9.10. The largest absolute Gasteiger partial charge is 0.481 e. The number of carboxylic acid groups (broad SMARTS) is 1. The van der Waals surface area contributed by atoms with Crippen molar-refractivity contribution < 1.29 is 14.7 Å². The molecule has 0 saturated carbocycles. The number of rotatable bonds is 2. The molecular weight excluding hydrogens is 270 g/mol. The van der Waals surface area contributed by atoms with Crippen LogP contribution >= 0.6 is 0 Å². The third-order valence-electron chi connectivity index (χ3n) is 3.89. The molecule has 21 heavy (non-hydrogen) atoms. The smallest absolute Gasteiger partial charge is 0.308 e. The van der Waals surface area contributed by atoms with Crippen LogP contribution in [0, 0.1) is 12.8 Å². The van der Waals surface area contributed by atoms with Crippen LogP contribution in [0.5, 0.6) is 0 Å². The van der Waals surface area contributed by atoms with Crippen molar-refractivity contribution in [2.24, 2.45) is 5.92 Å². The van der Waals surface area contributed by atoms with Crippen LogP contribution in [-0.2, 0) is 4.79 Å². The molecule has 1 aliphatic rings. The van der Waals surface area contributed by atoms with Gasteiger partial charge in [0.2, 0.25) is 0 Å². The summed E-state index contributed by atoms with van der Waals surface area (Å²) >= 11 is 0. The molecule has 0 bridgehead atoms. The molecule has 1 N–H and O–H groups in total. The number of carboxylic acids is 1. The highest BCUT2D eigenvalue weighted by Gasteiger charge is 2.29. The van der Waals surface area contributed by atoms with Gasteiger partial charge in [0.25, 0.3) is 5.91 Å². The normalized spacial score (nSPS) is 18.9. The Balaban J connectivity index is 1.84. The van der Waals surface area contributed by atoms with E-state index in [4.69, 9.17) is 5.11 Å². The topological polar surface area (TPSA) is 74.9 Å². The van der Waals surface area contributed by atoms with Gasteiger partial charge in [0, 0.05) is 25.5 Å². The number of carbonyl (C=O) groups excluding carboxylic acids is 1. The molecule has 6 heteroatoms. The molecule has 110 valence electrons. The molecule has 3 rings (SSSR count). The molecule has 0 radical (unpaired) electrons. The van der Waals surface area contributed by atoms with Crippen LogP contribution in [0.1, 0.15) is 28.9 Å².